The first-order valence-electron chi connectivity index (χ1n) is 6.70. The van der Waals surface area contributed by atoms with Gasteiger partial charge in [0, 0.05) is 17.6 Å². The molecule has 0 aliphatic heterocycles. The molecule has 0 bridgehead atoms. The summed E-state index contributed by atoms with van der Waals surface area (Å²) in [5, 5.41) is 15.0. The summed E-state index contributed by atoms with van der Waals surface area (Å²) in [6.45, 7) is 1.13. The third-order valence-corrected chi connectivity index (χ3v) is 3.67. The Hall–Kier alpha value is -1.11. The van der Waals surface area contributed by atoms with Crippen LogP contribution in [0.1, 0.15) is 12.8 Å². The van der Waals surface area contributed by atoms with E-state index in [1.54, 1.807) is 6.07 Å². The summed E-state index contributed by atoms with van der Waals surface area (Å²) < 4.78 is 6.17. The molecule has 110 valence electrons. The Morgan fingerprint density at radius 1 is 1.45 bits per heavy atom. The van der Waals surface area contributed by atoms with Gasteiger partial charge in [0.05, 0.1) is 18.4 Å². The predicted octanol–water partition coefficient (Wildman–Crippen LogP) is 2.36. The fraction of sp³-hybridized carbons (Fsp3) is 0.500. The molecule has 1 unspecified atom stereocenters. The zero-order valence-corrected chi connectivity index (χ0v) is 12.7. The number of aliphatic hydroxyl groups excluding tert-OH is 1. The molecule has 5 nitrogen and oxygen atoms in total. The maximum atomic E-state index is 11.7. The Morgan fingerprint density at radius 2 is 2.20 bits per heavy atom. The number of hydrogen-bond donors (Lipinski definition) is 3. The van der Waals surface area contributed by atoms with Crippen molar-refractivity contribution in [1.82, 2.24) is 5.32 Å². The Bertz CT molecular complexity index is 452. The van der Waals surface area contributed by atoms with E-state index in [1.165, 1.54) is 12.8 Å². The van der Waals surface area contributed by atoms with Crippen LogP contribution in [0, 0.1) is 5.92 Å². The monoisotopic (exact) mass is 342 g/mol. The van der Waals surface area contributed by atoms with Gasteiger partial charge in [0.2, 0.25) is 0 Å². The molecule has 2 rings (SSSR count). The van der Waals surface area contributed by atoms with Crippen LogP contribution in [0.4, 0.5) is 10.5 Å². The first kappa shape index (κ1) is 15.3. The van der Waals surface area contributed by atoms with Crippen molar-refractivity contribution in [2.75, 3.05) is 25.1 Å². The number of carbonyl (C=O) groups excluding carboxylic acids is 1. The van der Waals surface area contributed by atoms with E-state index >= 15 is 0 Å². The zero-order chi connectivity index (χ0) is 14.4. The maximum absolute atomic E-state index is 11.7. The third kappa shape index (κ3) is 5.48. The van der Waals surface area contributed by atoms with E-state index < -0.39 is 6.10 Å². The van der Waals surface area contributed by atoms with E-state index in [2.05, 4.69) is 26.6 Å². The Labute approximate surface area is 126 Å². The van der Waals surface area contributed by atoms with Crippen molar-refractivity contribution in [2.45, 2.75) is 18.9 Å². The molecule has 1 aromatic rings. The summed E-state index contributed by atoms with van der Waals surface area (Å²) in [4.78, 5) is 11.7. The van der Waals surface area contributed by atoms with Crippen molar-refractivity contribution in [3.8, 4) is 0 Å². The Morgan fingerprint density at radius 3 is 2.90 bits per heavy atom. The van der Waals surface area contributed by atoms with Gasteiger partial charge < -0.3 is 20.5 Å². The van der Waals surface area contributed by atoms with Crippen LogP contribution >= 0.6 is 15.9 Å². The standard InChI is InChI=1S/C14H19BrN2O3/c15-12-3-1-2-4-13(12)17-14(19)16-7-11(18)9-20-8-10-5-6-10/h1-4,10-11,18H,5-9H2,(H2,16,17,19). The van der Waals surface area contributed by atoms with Gasteiger partial charge in [-0.05, 0) is 46.8 Å². The SMILES string of the molecule is O=C(NCC(O)COCC1CC1)Nc1ccccc1Br. The molecule has 0 aromatic heterocycles. The van der Waals surface area contributed by atoms with Gasteiger partial charge in [-0.1, -0.05) is 12.1 Å². The number of halogens is 1. The van der Waals surface area contributed by atoms with Crippen LogP contribution in [0.15, 0.2) is 28.7 Å². The minimum atomic E-state index is -0.682. The van der Waals surface area contributed by atoms with Crippen LogP contribution in [0.3, 0.4) is 0 Å². The third-order valence-electron chi connectivity index (χ3n) is 2.98. The van der Waals surface area contributed by atoms with Gasteiger partial charge in [0.25, 0.3) is 0 Å². The second kappa shape index (κ2) is 7.61. The molecule has 1 atom stereocenters. The molecular formula is C14H19BrN2O3. The minimum absolute atomic E-state index is 0.168. The van der Waals surface area contributed by atoms with E-state index in [4.69, 9.17) is 4.74 Å². The smallest absolute Gasteiger partial charge is 0.319 e. The Kier molecular flexibility index (Phi) is 5.82. The van der Waals surface area contributed by atoms with E-state index in [9.17, 15) is 9.90 Å². The lowest BCUT2D eigenvalue weighted by Crippen LogP contribution is -2.37. The van der Waals surface area contributed by atoms with Crippen molar-refractivity contribution in [3.63, 3.8) is 0 Å². The fourth-order valence-corrected chi connectivity index (χ4v) is 2.04. The van der Waals surface area contributed by atoms with Crippen LogP contribution in [0.2, 0.25) is 0 Å². The van der Waals surface area contributed by atoms with Crippen molar-refractivity contribution >= 4 is 27.6 Å². The molecule has 1 aromatic carbocycles. The first-order chi connectivity index (χ1) is 9.65. The first-order valence-corrected chi connectivity index (χ1v) is 7.49. The van der Waals surface area contributed by atoms with Crippen molar-refractivity contribution in [1.29, 1.82) is 0 Å². The lowest BCUT2D eigenvalue weighted by atomic mass is 10.3. The number of amides is 2. The average molecular weight is 343 g/mol. The fourth-order valence-electron chi connectivity index (χ4n) is 1.65. The van der Waals surface area contributed by atoms with Crippen LogP contribution in [0.5, 0.6) is 0 Å². The largest absolute Gasteiger partial charge is 0.389 e. The molecule has 6 heteroatoms. The molecule has 1 fully saturated rings. The quantitative estimate of drug-likeness (QED) is 0.712. The van der Waals surface area contributed by atoms with Gasteiger partial charge in [-0.2, -0.15) is 0 Å². The lowest BCUT2D eigenvalue weighted by molar-refractivity contribution is 0.0339. The van der Waals surface area contributed by atoms with E-state index in [0.717, 1.165) is 4.47 Å². The summed E-state index contributed by atoms with van der Waals surface area (Å²) >= 11 is 3.35. The van der Waals surface area contributed by atoms with Crippen molar-refractivity contribution in [3.05, 3.63) is 28.7 Å². The molecule has 1 saturated carbocycles. The van der Waals surface area contributed by atoms with Crippen LogP contribution < -0.4 is 10.6 Å². The van der Waals surface area contributed by atoms with Gasteiger partial charge in [-0.15, -0.1) is 0 Å². The number of anilines is 1. The highest BCUT2D eigenvalue weighted by Gasteiger charge is 2.21. The molecular weight excluding hydrogens is 324 g/mol. The molecule has 0 saturated heterocycles. The van der Waals surface area contributed by atoms with Crippen LogP contribution in [-0.2, 0) is 4.74 Å². The summed E-state index contributed by atoms with van der Waals surface area (Å²) in [6, 6.07) is 6.99. The summed E-state index contributed by atoms with van der Waals surface area (Å²) in [5.41, 5.74) is 0.685. The van der Waals surface area contributed by atoms with Gasteiger partial charge >= 0.3 is 6.03 Å². The Balaban J connectivity index is 1.62. The van der Waals surface area contributed by atoms with Crippen LogP contribution in [0.25, 0.3) is 0 Å². The number of hydrogen-bond acceptors (Lipinski definition) is 3. The molecule has 0 heterocycles. The number of nitrogens with one attached hydrogen (secondary N) is 2. The highest BCUT2D eigenvalue weighted by molar-refractivity contribution is 9.10. The average Bonchev–Trinajstić information content (AvgIpc) is 3.23. The van der Waals surface area contributed by atoms with E-state index in [1.807, 2.05) is 18.2 Å². The van der Waals surface area contributed by atoms with Gasteiger partial charge in [-0.3, -0.25) is 0 Å². The number of urea groups is 1. The molecule has 3 N–H and O–H groups in total. The molecule has 1 aliphatic rings. The summed E-state index contributed by atoms with van der Waals surface area (Å²) in [6.07, 6.45) is 1.77. The van der Waals surface area contributed by atoms with Crippen molar-refractivity contribution < 1.29 is 14.6 Å². The maximum Gasteiger partial charge on any atom is 0.319 e. The minimum Gasteiger partial charge on any atom is -0.389 e. The summed E-state index contributed by atoms with van der Waals surface area (Å²) in [7, 11) is 0. The number of ether oxygens (including phenoxy) is 1. The predicted molar refractivity (Wildman–Crippen MR) is 80.7 cm³/mol. The van der Waals surface area contributed by atoms with Gasteiger partial charge in [0.15, 0.2) is 0 Å². The highest BCUT2D eigenvalue weighted by Crippen LogP contribution is 2.28. The summed E-state index contributed by atoms with van der Waals surface area (Å²) in [5.74, 6) is 0.675. The second-order valence-corrected chi connectivity index (χ2v) is 5.80. The molecule has 0 radical (unpaired) electrons. The lowest BCUT2D eigenvalue weighted by Gasteiger charge is -2.13. The van der Waals surface area contributed by atoms with E-state index in [0.29, 0.717) is 18.2 Å². The highest BCUT2D eigenvalue weighted by atomic mass is 79.9. The number of aliphatic hydroxyl groups is 1. The van der Waals surface area contributed by atoms with Crippen molar-refractivity contribution in [2.24, 2.45) is 5.92 Å². The van der Waals surface area contributed by atoms with Gasteiger partial charge in [0.1, 0.15) is 0 Å². The second-order valence-electron chi connectivity index (χ2n) is 4.95. The zero-order valence-electron chi connectivity index (χ0n) is 11.1. The van der Waals surface area contributed by atoms with E-state index in [-0.39, 0.29) is 19.2 Å². The molecule has 0 spiro atoms. The number of rotatable bonds is 7. The number of para-hydroxylation sites is 1. The number of carbonyl (C=O) groups is 1. The van der Waals surface area contributed by atoms with Crippen LogP contribution in [-0.4, -0.2) is 37.0 Å². The molecule has 1 aliphatic carbocycles. The normalized spacial score (nSPS) is 15.7. The van der Waals surface area contributed by atoms with Gasteiger partial charge in [-0.25, -0.2) is 4.79 Å². The molecule has 2 amide bonds. The molecule has 20 heavy (non-hydrogen) atoms. The number of benzene rings is 1. The topological polar surface area (TPSA) is 70.6 Å².